The van der Waals surface area contributed by atoms with E-state index < -0.39 is 4.92 Å². The predicted molar refractivity (Wildman–Crippen MR) is 67.8 cm³/mol. The highest BCUT2D eigenvalue weighted by molar-refractivity contribution is 5.47. The van der Waals surface area contributed by atoms with E-state index in [2.05, 4.69) is 10.4 Å². The molecule has 0 amide bonds. The van der Waals surface area contributed by atoms with Crippen molar-refractivity contribution in [1.29, 1.82) is 0 Å². The fraction of sp³-hybridized carbons (Fsp3) is 0.545. The molecular weight excluding hydrogens is 252 g/mol. The topological polar surface area (TPSA) is 113 Å². The van der Waals surface area contributed by atoms with Crippen LogP contribution in [0.4, 0.5) is 11.5 Å². The first kappa shape index (κ1) is 13.5. The number of rotatable bonds is 5. The van der Waals surface area contributed by atoms with Gasteiger partial charge in [-0.05, 0) is 19.3 Å². The first-order valence-corrected chi connectivity index (χ1v) is 6.06. The van der Waals surface area contributed by atoms with Gasteiger partial charge in [0.25, 0.3) is 5.69 Å². The first-order chi connectivity index (χ1) is 9.19. The number of ether oxygens (including phenoxy) is 2. The molecule has 2 rings (SSSR count). The van der Waals surface area contributed by atoms with Crippen molar-refractivity contribution in [2.24, 2.45) is 5.84 Å². The van der Waals surface area contributed by atoms with Gasteiger partial charge in [-0.15, -0.1) is 0 Å². The minimum atomic E-state index is -0.521. The summed E-state index contributed by atoms with van der Waals surface area (Å²) >= 11 is 0. The Morgan fingerprint density at radius 3 is 3.05 bits per heavy atom. The number of nitrogens with one attached hydrogen (secondary N) is 1. The maximum Gasteiger partial charge on any atom is 0.278 e. The molecule has 1 aliphatic rings. The van der Waals surface area contributed by atoms with Gasteiger partial charge >= 0.3 is 0 Å². The van der Waals surface area contributed by atoms with E-state index in [0.29, 0.717) is 6.61 Å². The molecule has 1 saturated heterocycles. The van der Waals surface area contributed by atoms with Crippen molar-refractivity contribution in [2.75, 3.05) is 18.6 Å². The zero-order valence-corrected chi connectivity index (χ0v) is 10.4. The van der Waals surface area contributed by atoms with Crippen molar-refractivity contribution in [2.45, 2.75) is 25.4 Å². The maximum atomic E-state index is 10.8. The smallest absolute Gasteiger partial charge is 0.278 e. The Kier molecular flexibility index (Phi) is 4.48. The van der Waals surface area contributed by atoms with E-state index in [1.54, 1.807) is 0 Å². The highest BCUT2D eigenvalue weighted by atomic mass is 16.6. The number of nitro groups is 1. The Balaban J connectivity index is 2.02. The molecule has 1 aliphatic heterocycles. The second-order valence-corrected chi connectivity index (χ2v) is 4.25. The largest absolute Gasteiger partial charge is 0.475 e. The summed E-state index contributed by atoms with van der Waals surface area (Å²) in [4.78, 5) is 14.2. The summed E-state index contributed by atoms with van der Waals surface area (Å²) in [5.41, 5.74) is 2.15. The molecule has 104 valence electrons. The number of hydrogen-bond donors (Lipinski definition) is 2. The number of pyridine rings is 1. The third kappa shape index (κ3) is 3.76. The van der Waals surface area contributed by atoms with Gasteiger partial charge in [-0.1, -0.05) is 0 Å². The van der Waals surface area contributed by atoms with Crippen LogP contribution in [0.2, 0.25) is 0 Å². The molecule has 1 fully saturated rings. The van der Waals surface area contributed by atoms with Gasteiger partial charge in [0.05, 0.1) is 23.2 Å². The van der Waals surface area contributed by atoms with Gasteiger partial charge in [0.2, 0.25) is 5.88 Å². The summed E-state index contributed by atoms with van der Waals surface area (Å²) < 4.78 is 10.9. The summed E-state index contributed by atoms with van der Waals surface area (Å²) in [7, 11) is 0. The van der Waals surface area contributed by atoms with Gasteiger partial charge in [0.15, 0.2) is 5.82 Å². The molecule has 2 heterocycles. The van der Waals surface area contributed by atoms with E-state index in [9.17, 15) is 10.1 Å². The summed E-state index contributed by atoms with van der Waals surface area (Å²) in [6.45, 7) is 1.06. The molecule has 0 spiro atoms. The molecule has 0 radical (unpaired) electrons. The monoisotopic (exact) mass is 268 g/mol. The molecule has 19 heavy (non-hydrogen) atoms. The SMILES string of the molecule is NNc1cc([N+](=O)[O-])cc(OCC2CCCCO2)n1. The molecule has 0 aliphatic carbocycles. The molecule has 1 unspecified atom stereocenters. The first-order valence-electron chi connectivity index (χ1n) is 6.06. The highest BCUT2D eigenvalue weighted by Gasteiger charge is 2.16. The molecule has 3 N–H and O–H groups in total. The lowest BCUT2D eigenvalue weighted by Crippen LogP contribution is -2.26. The van der Waals surface area contributed by atoms with E-state index in [0.717, 1.165) is 25.9 Å². The quantitative estimate of drug-likeness (QED) is 0.469. The third-order valence-electron chi connectivity index (χ3n) is 2.84. The van der Waals surface area contributed by atoms with Gasteiger partial charge in [0, 0.05) is 6.61 Å². The van der Waals surface area contributed by atoms with Crippen LogP contribution in [-0.4, -0.2) is 29.2 Å². The summed E-state index contributed by atoms with van der Waals surface area (Å²) in [5.74, 6) is 5.56. The van der Waals surface area contributed by atoms with Gasteiger partial charge < -0.3 is 14.9 Å². The third-order valence-corrected chi connectivity index (χ3v) is 2.84. The molecule has 0 bridgehead atoms. The highest BCUT2D eigenvalue weighted by Crippen LogP contribution is 2.22. The Bertz CT molecular complexity index is 448. The zero-order chi connectivity index (χ0) is 13.7. The molecule has 0 saturated carbocycles. The van der Waals surface area contributed by atoms with Crippen LogP contribution in [0, 0.1) is 10.1 Å². The minimum absolute atomic E-state index is 0.0177. The van der Waals surface area contributed by atoms with Gasteiger partial charge in [-0.3, -0.25) is 10.1 Å². The summed E-state index contributed by atoms with van der Waals surface area (Å²) in [6, 6.07) is 2.51. The van der Waals surface area contributed by atoms with Crippen molar-refractivity contribution < 1.29 is 14.4 Å². The zero-order valence-electron chi connectivity index (χ0n) is 10.4. The summed E-state index contributed by atoms with van der Waals surface area (Å²) in [5, 5.41) is 10.8. The van der Waals surface area contributed by atoms with Gasteiger partial charge in [-0.2, -0.15) is 4.98 Å². The molecular formula is C11H16N4O4. The number of hydrazine groups is 1. The van der Waals surface area contributed by atoms with Gasteiger partial charge in [0.1, 0.15) is 6.61 Å². The average Bonchev–Trinajstić information content (AvgIpc) is 2.45. The molecule has 0 aromatic carbocycles. The van der Waals surface area contributed by atoms with E-state index in [1.165, 1.54) is 12.1 Å². The number of aromatic nitrogens is 1. The Hall–Kier alpha value is -1.93. The Morgan fingerprint density at radius 1 is 1.58 bits per heavy atom. The minimum Gasteiger partial charge on any atom is -0.475 e. The normalized spacial score (nSPS) is 18.9. The Morgan fingerprint density at radius 2 is 2.42 bits per heavy atom. The van der Waals surface area contributed by atoms with Crippen LogP contribution in [0.1, 0.15) is 19.3 Å². The van der Waals surface area contributed by atoms with Crippen molar-refractivity contribution in [3.63, 3.8) is 0 Å². The van der Waals surface area contributed by atoms with E-state index in [-0.39, 0.29) is 23.5 Å². The molecule has 8 heteroatoms. The standard InChI is InChI=1S/C11H16N4O4/c12-14-10-5-8(15(16)17)6-11(13-10)19-7-9-3-1-2-4-18-9/h5-6,9H,1-4,7,12H2,(H,13,14). The van der Waals surface area contributed by atoms with E-state index in [4.69, 9.17) is 15.3 Å². The average molecular weight is 268 g/mol. The number of nitrogen functional groups attached to an aromatic ring is 1. The van der Waals surface area contributed by atoms with Crippen LogP contribution in [0.3, 0.4) is 0 Å². The maximum absolute atomic E-state index is 10.8. The fourth-order valence-electron chi connectivity index (χ4n) is 1.86. The molecule has 1 aromatic heterocycles. The number of nitrogens with two attached hydrogens (primary N) is 1. The fourth-order valence-corrected chi connectivity index (χ4v) is 1.86. The second-order valence-electron chi connectivity index (χ2n) is 4.25. The van der Waals surface area contributed by atoms with Crippen molar-refractivity contribution in [3.05, 3.63) is 22.2 Å². The van der Waals surface area contributed by atoms with E-state index >= 15 is 0 Å². The second kappa shape index (κ2) is 6.30. The lowest BCUT2D eigenvalue weighted by atomic mass is 10.1. The number of hydrogen-bond acceptors (Lipinski definition) is 7. The summed E-state index contributed by atoms with van der Waals surface area (Å²) in [6.07, 6.45) is 3.11. The number of nitrogens with zero attached hydrogens (tertiary/aromatic N) is 2. The van der Waals surface area contributed by atoms with Crippen LogP contribution in [-0.2, 0) is 4.74 Å². The lowest BCUT2D eigenvalue weighted by molar-refractivity contribution is -0.384. The molecule has 1 aromatic rings. The van der Waals surface area contributed by atoms with E-state index in [1.807, 2.05) is 0 Å². The van der Waals surface area contributed by atoms with Crippen molar-refractivity contribution in [3.8, 4) is 5.88 Å². The van der Waals surface area contributed by atoms with Gasteiger partial charge in [-0.25, -0.2) is 5.84 Å². The molecule has 1 atom stereocenters. The number of anilines is 1. The van der Waals surface area contributed by atoms with Crippen molar-refractivity contribution in [1.82, 2.24) is 4.98 Å². The molecule has 8 nitrogen and oxygen atoms in total. The Labute approximate surface area is 110 Å². The lowest BCUT2D eigenvalue weighted by Gasteiger charge is -2.22. The van der Waals surface area contributed by atoms with Crippen LogP contribution in [0.5, 0.6) is 5.88 Å². The van der Waals surface area contributed by atoms with Crippen molar-refractivity contribution >= 4 is 11.5 Å². The van der Waals surface area contributed by atoms with Crippen LogP contribution >= 0.6 is 0 Å². The van der Waals surface area contributed by atoms with Crippen LogP contribution < -0.4 is 16.0 Å². The predicted octanol–water partition coefficient (Wildman–Crippen LogP) is 1.22. The van der Waals surface area contributed by atoms with Crippen LogP contribution in [0.15, 0.2) is 12.1 Å². The van der Waals surface area contributed by atoms with Crippen LogP contribution in [0.25, 0.3) is 0 Å².